The zero-order valence-corrected chi connectivity index (χ0v) is 20.3. The average Bonchev–Trinajstić information content (AvgIpc) is 3.46. The number of carbonyl (C=O) groups is 1. The molecule has 0 aliphatic carbocycles. The van der Waals surface area contributed by atoms with Gasteiger partial charge in [-0.05, 0) is 19.1 Å². The highest BCUT2D eigenvalue weighted by Crippen LogP contribution is 2.28. The smallest absolute Gasteiger partial charge is 0.258 e. The van der Waals surface area contributed by atoms with Crippen molar-refractivity contribution in [1.29, 1.82) is 0 Å². The van der Waals surface area contributed by atoms with Crippen LogP contribution in [0.2, 0.25) is 0 Å². The van der Waals surface area contributed by atoms with Crippen LogP contribution in [0.4, 0.5) is 0 Å². The fourth-order valence-corrected chi connectivity index (χ4v) is 5.86. The van der Waals surface area contributed by atoms with Gasteiger partial charge in [0.25, 0.3) is 5.56 Å². The number of piperazine rings is 1. The Morgan fingerprint density at radius 2 is 1.91 bits per heavy atom. The SMILES string of the molecule is C[C@@H](c1nc2ccccc2s1)N(C)C(=O)CN1CCN(Cc2cc(=O)n3ccsc3n2)CC1. The van der Waals surface area contributed by atoms with E-state index in [0.717, 1.165) is 52.1 Å². The van der Waals surface area contributed by atoms with Crippen LogP contribution in [0.5, 0.6) is 0 Å². The molecule has 1 fully saturated rings. The average molecular weight is 483 g/mol. The van der Waals surface area contributed by atoms with Crippen molar-refractivity contribution >= 4 is 43.8 Å². The molecule has 3 aromatic heterocycles. The number of para-hydroxylation sites is 1. The van der Waals surface area contributed by atoms with E-state index in [1.807, 2.05) is 37.6 Å². The Bertz CT molecular complexity index is 1300. The van der Waals surface area contributed by atoms with Crippen molar-refractivity contribution in [3.05, 3.63) is 63.0 Å². The number of hydrogen-bond acceptors (Lipinski definition) is 8. The number of carbonyl (C=O) groups excluding carboxylic acids is 1. The Morgan fingerprint density at radius 3 is 2.70 bits per heavy atom. The molecule has 0 radical (unpaired) electrons. The maximum absolute atomic E-state index is 13.0. The van der Waals surface area contributed by atoms with Gasteiger partial charge in [-0.25, -0.2) is 9.97 Å². The third-order valence-corrected chi connectivity index (χ3v) is 8.17. The summed E-state index contributed by atoms with van der Waals surface area (Å²) in [6.45, 7) is 6.41. The summed E-state index contributed by atoms with van der Waals surface area (Å²) in [6.07, 6.45) is 1.75. The van der Waals surface area contributed by atoms with E-state index in [1.54, 1.807) is 32.9 Å². The first-order chi connectivity index (χ1) is 16.0. The highest BCUT2D eigenvalue weighted by atomic mass is 32.1. The van der Waals surface area contributed by atoms with Crippen LogP contribution in [-0.2, 0) is 11.3 Å². The molecule has 8 nitrogen and oxygen atoms in total. The van der Waals surface area contributed by atoms with Gasteiger partial charge < -0.3 is 4.90 Å². The summed E-state index contributed by atoms with van der Waals surface area (Å²) in [5, 5.41) is 2.83. The molecule has 0 spiro atoms. The van der Waals surface area contributed by atoms with Crippen molar-refractivity contribution in [2.24, 2.45) is 0 Å². The highest BCUT2D eigenvalue weighted by molar-refractivity contribution is 7.18. The van der Waals surface area contributed by atoms with Gasteiger partial charge in [-0.1, -0.05) is 12.1 Å². The second kappa shape index (κ2) is 9.30. The Hall–Kier alpha value is -2.66. The first-order valence-corrected chi connectivity index (χ1v) is 12.7. The van der Waals surface area contributed by atoms with Crippen LogP contribution < -0.4 is 5.56 Å². The van der Waals surface area contributed by atoms with E-state index in [-0.39, 0.29) is 17.5 Å². The first-order valence-electron chi connectivity index (χ1n) is 11.0. The molecular weight excluding hydrogens is 456 g/mol. The second-order valence-electron chi connectivity index (χ2n) is 8.39. The topological polar surface area (TPSA) is 74.1 Å². The maximum atomic E-state index is 13.0. The standard InChI is InChI=1S/C23H26N6O2S2/c1-16(22-25-18-5-3-4-6-19(18)33-22)26(2)21(31)15-28-9-7-27(8-10-28)14-17-13-20(30)29-11-12-32-23(29)24-17/h3-6,11-13,16H,7-10,14-15H2,1-2H3/t16-/m0/s1. The van der Waals surface area contributed by atoms with Crippen molar-refractivity contribution in [3.63, 3.8) is 0 Å². The fraction of sp³-hybridized carbons (Fsp3) is 0.391. The Balaban J connectivity index is 1.14. The lowest BCUT2D eigenvalue weighted by atomic mass is 10.2. The monoisotopic (exact) mass is 482 g/mol. The molecule has 0 unspecified atom stereocenters. The molecule has 0 bridgehead atoms. The summed E-state index contributed by atoms with van der Waals surface area (Å²) in [6, 6.07) is 9.63. The normalized spacial score (nSPS) is 16.4. The summed E-state index contributed by atoms with van der Waals surface area (Å²) < 4.78 is 2.72. The van der Waals surface area contributed by atoms with Crippen LogP contribution >= 0.6 is 22.7 Å². The quantitative estimate of drug-likeness (QED) is 0.421. The number of fused-ring (bicyclic) bond motifs is 2. The molecule has 33 heavy (non-hydrogen) atoms. The fourth-order valence-electron chi connectivity index (χ4n) is 4.06. The number of rotatable bonds is 6. The molecule has 1 atom stereocenters. The van der Waals surface area contributed by atoms with E-state index in [1.165, 1.54) is 11.3 Å². The summed E-state index contributed by atoms with van der Waals surface area (Å²) in [5.41, 5.74) is 1.75. The Morgan fingerprint density at radius 1 is 1.15 bits per heavy atom. The van der Waals surface area contributed by atoms with Gasteiger partial charge in [0.05, 0.1) is 28.5 Å². The number of likely N-dealkylation sites (N-methyl/N-ethyl adjacent to an activating group) is 1. The molecule has 4 aromatic rings. The van der Waals surface area contributed by atoms with Gasteiger partial charge >= 0.3 is 0 Å². The van der Waals surface area contributed by atoms with Crippen LogP contribution in [0.3, 0.4) is 0 Å². The zero-order chi connectivity index (χ0) is 22.9. The van der Waals surface area contributed by atoms with Gasteiger partial charge in [0, 0.05) is 57.4 Å². The predicted molar refractivity (Wildman–Crippen MR) is 132 cm³/mol. The third-order valence-electron chi connectivity index (χ3n) is 6.21. The van der Waals surface area contributed by atoms with Crippen molar-refractivity contribution < 1.29 is 4.79 Å². The molecule has 5 rings (SSSR count). The summed E-state index contributed by atoms with van der Waals surface area (Å²) in [5.74, 6) is 0.105. The van der Waals surface area contributed by atoms with E-state index in [4.69, 9.17) is 4.98 Å². The van der Waals surface area contributed by atoms with E-state index >= 15 is 0 Å². The summed E-state index contributed by atoms with van der Waals surface area (Å²) >= 11 is 3.11. The van der Waals surface area contributed by atoms with Gasteiger partial charge in [0.15, 0.2) is 4.96 Å². The minimum absolute atomic E-state index is 0.0363. The number of amides is 1. The molecule has 1 amide bonds. The van der Waals surface area contributed by atoms with E-state index in [2.05, 4.69) is 20.9 Å². The molecule has 1 aromatic carbocycles. The molecule has 4 heterocycles. The van der Waals surface area contributed by atoms with Crippen LogP contribution in [-0.4, -0.2) is 74.7 Å². The minimum atomic E-state index is -0.0615. The van der Waals surface area contributed by atoms with Crippen molar-refractivity contribution in [2.45, 2.75) is 19.5 Å². The van der Waals surface area contributed by atoms with Crippen LogP contribution in [0.1, 0.15) is 23.7 Å². The second-order valence-corrected chi connectivity index (χ2v) is 10.3. The molecule has 172 valence electrons. The zero-order valence-electron chi connectivity index (χ0n) is 18.7. The van der Waals surface area contributed by atoms with Gasteiger partial charge in [-0.15, -0.1) is 22.7 Å². The van der Waals surface area contributed by atoms with Gasteiger partial charge in [-0.3, -0.25) is 23.8 Å². The van der Waals surface area contributed by atoms with E-state index < -0.39 is 0 Å². The molecule has 1 saturated heterocycles. The van der Waals surface area contributed by atoms with Gasteiger partial charge in [-0.2, -0.15) is 0 Å². The molecular formula is C23H26N6O2S2. The predicted octanol–water partition coefficient (Wildman–Crippen LogP) is 2.70. The highest BCUT2D eigenvalue weighted by Gasteiger charge is 2.25. The van der Waals surface area contributed by atoms with Crippen LogP contribution in [0.25, 0.3) is 15.2 Å². The Labute approximate surface area is 199 Å². The number of thiazole rings is 2. The number of aromatic nitrogens is 3. The largest absolute Gasteiger partial charge is 0.335 e. The van der Waals surface area contributed by atoms with E-state index in [9.17, 15) is 9.59 Å². The van der Waals surface area contributed by atoms with Crippen LogP contribution in [0.15, 0.2) is 46.7 Å². The molecule has 1 aliphatic rings. The van der Waals surface area contributed by atoms with Gasteiger partial charge in [0.1, 0.15) is 5.01 Å². The lowest BCUT2D eigenvalue weighted by Gasteiger charge is -2.35. The van der Waals surface area contributed by atoms with Crippen LogP contribution in [0, 0.1) is 0 Å². The lowest BCUT2D eigenvalue weighted by Crippen LogP contribution is -2.49. The molecule has 10 heteroatoms. The molecule has 0 N–H and O–H groups in total. The first kappa shape index (κ1) is 22.1. The summed E-state index contributed by atoms with van der Waals surface area (Å²) in [4.78, 5) is 41.5. The number of benzene rings is 1. The number of nitrogens with zero attached hydrogens (tertiary/aromatic N) is 6. The van der Waals surface area contributed by atoms with Crippen molar-refractivity contribution in [3.8, 4) is 0 Å². The van der Waals surface area contributed by atoms with Gasteiger partial charge in [0.2, 0.25) is 5.91 Å². The minimum Gasteiger partial charge on any atom is -0.335 e. The third kappa shape index (κ3) is 4.70. The lowest BCUT2D eigenvalue weighted by molar-refractivity contribution is -0.133. The van der Waals surface area contributed by atoms with E-state index in [0.29, 0.717) is 13.1 Å². The molecule has 0 saturated carbocycles. The van der Waals surface area contributed by atoms with Crippen molar-refractivity contribution in [2.75, 3.05) is 39.8 Å². The Kier molecular flexibility index (Phi) is 6.24. The summed E-state index contributed by atoms with van der Waals surface area (Å²) in [7, 11) is 1.86. The number of hydrogen-bond donors (Lipinski definition) is 0. The molecule has 1 aliphatic heterocycles. The maximum Gasteiger partial charge on any atom is 0.258 e. The van der Waals surface area contributed by atoms with Crippen molar-refractivity contribution in [1.82, 2.24) is 29.1 Å².